The molecule has 3 heterocycles. The molecule has 36 heavy (non-hydrogen) atoms. The highest BCUT2D eigenvalue weighted by atomic mass is 16.6. The number of methoxy groups -OCH3 is 3. The van der Waals surface area contributed by atoms with E-state index in [0.717, 1.165) is 44.9 Å². The maximum atomic E-state index is 5.47. The third kappa shape index (κ3) is 4.06. The van der Waals surface area contributed by atoms with Gasteiger partial charge in [-0.05, 0) is 61.9 Å². The molecule has 0 radical (unpaired) electrons. The quantitative estimate of drug-likeness (QED) is 0.239. The molecule has 0 saturated carbocycles. The van der Waals surface area contributed by atoms with Gasteiger partial charge in [-0.2, -0.15) is 0 Å². The Balaban J connectivity index is 1.40. The largest absolute Gasteiger partial charge is 0.497 e. The summed E-state index contributed by atoms with van der Waals surface area (Å²) in [4.78, 5) is 14.9. The van der Waals surface area contributed by atoms with E-state index in [1.54, 1.807) is 38.4 Å². The van der Waals surface area contributed by atoms with Crippen molar-refractivity contribution >= 4 is 22.9 Å². The van der Waals surface area contributed by atoms with Crippen LogP contribution in [0.4, 0.5) is 0 Å². The SMILES string of the molecule is COc1ccc(-n2c(C)c(C)c3c2ncn2nc(CON=Cc4ccc(OC)c(OC)c4)nc32)cc1. The predicted molar refractivity (Wildman–Crippen MR) is 136 cm³/mol. The summed E-state index contributed by atoms with van der Waals surface area (Å²) in [5.74, 6) is 2.57. The molecule has 0 bridgehead atoms. The summed E-state index contributed by atoms with van der Waals surface area (Å²) < 4.78 is 19.6. The average molecular weight is 487 g/mol. The zero-order valence-electron chi connectivity index (χ0n) is 20.7. The highest BCUT2D eigenvalue weighted by Crippen LogP contribution is 2.30. The minimum Gasteiger partial charge on any atom is -0.497 e. The predicted octanol–water partition coefficient (Wildman–Crippen LogP) is 4.26. The van der Waals surface area contributed by atoms with Crippen molar-refractivity contribution in [1.29, 1.82) is 0 Å². The molecule has 5 aromatic rings. The summed E-state index contributed by atoms with van der Waals surface area (Å²) in [6.07, 6.45) is 3.26. The molecule has 0 aliphatic carbocycles. The van der Waals surface area contributed by atoms with Crippen LogP contribution in [0.5, 0.6) is 17.2 Å². The lowest BCUT2D eigenvalue weighted by Crippen LogP contribution is -1.99. The minimum atomic E-state index is 0.115. The van der Waals surface area contributed by atoms with Gasteiger partial charge in [0.2, 0.25) is 0 Å². The third-order valence-corrected chi connectivity index (χ3v) is 6.08. The molecular formula is C26H26N6O4. The summed E-state index contributed by atoms with van der Waals surface area (Å²) >= 11 is 0. The Morgan fingerprint density at radius 2 is 1.69 bits per heavy atom. The molecule has 0 fully saturated rings. The average Bonchev–Trinajstić information content (AvgIpc) is 3.44. The van der Waals surface area contributed by atoms with E-state index >= 15 is 0 Å². The van der Waals surface area contributed by atoms with Crippen LogP contribution in [-0.4, -0.2) is 51.7 Å². The van der Waals surface area contributed by atoms with Crippen LogP contribution < -0.4 is 14.2 Å². The molecule has 10 heteroatoms. The number of benzene rings is 2. The van der Waals surface area contributed by atoms with Gasteiger partial charge in [0.05, 0.1) is 32.9 Å². The lowest BCUT2D eigenvalue weighted by Gasteiger charge is -2.08. The highest BCUT2D eigenvalue weighted by Gasteiger charge is 2.19. The Labute approximate surface area is 207 Å². The summed E-state index contributed by atoms with van der Waals surface area (Å²) in [7, 11) is 4.84. The Morgan fingerprint density at radius 1 is 0.917 bits per heavy atom. The Morgan fingerprint density at radius 3 is 2.42 bits per heavy atom. The molecule has 10 nitrogen and oxygen atoms in total. The Hall–Kier alpha value is -4.60. The second kappa shape index (κ2) is 9.57. The maximum Gasteiger partial charge on any atom is 0.192 e. The van der Waals surface area contributed by atoms with Crippen molar-refractivity contribution in [3.8, 4) is 22.9 Å². The molecule has 0 saturated heterocycles. The van der Waals surface area contributed by atoms with E-state index in [9.17, 15) is 0 Å². The Kier molecular flexibility index (Phi) is 6.16. The molecule has 0 spiro atoms. The van der Waals surface area contributed by atoms with Crippen LogP contribution in [0.3, 0.4) is 0 Å². The second-order valence-corrected chi connectivity index (χ2v) is 8.11. The zero-order chi connectivity index (χ0) is 25.2. The molecule has 5 rings (SSSR count). The number of oxime groups is 1. The van der Waals surface area contributed by atoms with E-state index in [2.05, 4.69) is 33.7 Å². The number of ether oxygens (including phenoxy) is 3. The first-order chi connectivity index (χ1) is 17.5. The van der Waals surface area contributed by atoms with E-state index in [0.29, 0.717) is 17.3 Å². The lowest BCUT2D eigenvalue weighted by atomic mass is 10.2. The first kappa shape index (κ1) is 23.2. The normalized spacial score (nSPS) is 11.5. The number of nitrogens with zero attached hydrogens (tertiary/aromatic N) is 6. The van der Waals surface area contributed by atoms with Crippen molar-refractivity contribution in [3.63, 3.8) is 0 Å². The number of hydrogen-bond donors (Lipinski definition) is 0. The van der Waals surface area contributed by atoms with Crippen LogP contribution in [0.25, 0.3) is 22.4 Å². The van der Waals surface area contributed by atoms with Gasteiger partial charge in [-0.3, -0.25) is 4.57 Å². The first-order valence-electron chi connectivity index (χ1n) is 11.3. The van der Waals surface area contributed by atoms with Crippen LogP contribution >= 0.6 is 0 Å². The highest BCUT2D eigenvalue weighted by molar-refractivity contribution is 5.95. The van der Waals surface area contributed by atoms with Crippen LogP contribution in [0, 0.1) is 13.8 Å². The van der Waals surface area contributed by atoms with E-state index < -0.39 is 0 Å². The van der Waals surface area contributed by atoms with Gasteiger partial charge in [0, 0.05) is 16.9 Å². The van der Waals surface area contributed by atoms with Crippen molar-refractivity contribution < 1.29 is 19.0 Å². The monoisotopic (exact) mass is 486 g/mol. The van der Waals surface area contributed by atoms with Gasteiger partial charge in [-0.15, -0.1) is 5.10 Å². The van der Waals surface area contributed by atoms with Crippen molar-refractivity contribution in [2.75, 3.05) is 21.3 Å². The van der Waals surface area contributed by atoms with Gasteiger partial charge in [-0.1, -0.05) is 5.16 Å². The summed E-state index contributed by atoms with van der Waals surface area (Å²) in [5.41, 5.74) is 5.51. The number of fused-ring (bicyclic) bond motifs is 3. The second-order valence-electron chi connectivity index (χ2n) is 8.11. The molecule has 0 unspecified atom stereocenters. The molecule has 0 aliphatic heterocycles. The van der Waals surface area contributed by atoms with Crippen LogP contribution in [-0.2, 0) is 11.4 Å². The minimum absolute atomic E-state index is 0.115. The van der Waals surface area contributed by atoms with E-state index in [4.69, 9.17) is 24.0 Å². The maximum absolute atomic E-state index is 5.47. The lowest BCUT2D eigenvalue weighted by molar-refractivity contribution is 0.126. The fraction of sp³-hybridized carbons (Fsp3) is 0.231. The zero-order valence-corrected chi connectivity index (χ0v) is 20.7. The van der Waals surface area contributed by atoms with E-state index in [1.807, 2.05) is 42.5 Å². The molecule has 2 aromatic carbocycles. The molecule has 3 aromatic heterocycles. The number of aromatic nitrogens is 5. The van der Waals surface area contributed by atoms with Gasteiger partial charge < -0.3 is 19.0 Å². The van der Waals surface area contributed by atoms with Crippen LogP contribution in [0.1, 0.15) is 22.6 Å². The van der Waals surface area contributed by atoms with Gasteiger partial charge in [-0.25, -0.2) is 14.5 Å². The van der Waals surface area contributed by atoms with E-state index in [1.165, 1.54) is 0 Å². The van der Waals surface area contributed by atoms with Gasteiger partial charge in [0.15, 0.2) is 35.2 Å². The summed E-state index contributed by atoms with van der Waals surface area (Å²) in [5, 5.41) is 9.51. The standard InChI is InChI=1S/C26H26N6O4/c1-16-17(2)32(19-7-9-20(33-3)10-8-19)25-24(16)26-29-23(30-31(26)15-27-25)14-36-28-13-18-6-11-21(34-4)22(12-18)35-5/h6-13,15H,14H2,1-5H3. The van der Waals surface area contributed by atoms with Gasteiger partial charge in [0.1, 0.15) is 12.1 Å². The van der Waals surface area contributed by atoms with Crippen LogP contribution in [0.15, 0.2) is 53.9 Å². The number of hydrogen-bond acceptors (Lipinski definition) is 8. The van der Waals surface area contributed by atoms with Crippen molar-refractivity contribution in [3.05, 3.63) is 71.4 Å². The van der Waals surface area contributed by atoms with Gasteiger partial charge in [0.25, 0.3) is 0 Å². The fourth-order valence-corrected chi connectivity index (χ4v) is 4.14. The smallest absolute Gasteiger partial charge is 0.192 e. The number of rotatable bonds is 8. The molecule has 0 aliphatic rings. The van der Waals surface area contributed by atoms with E-state index in [-0.39, 0.29) is 6.61 Å². The first-order valence-corrected chi connectivity index (χ1v) is 11.3. The molecule has 0 atom stereocenters. The molecule has 0 amide bonds. The van der Waals surface area contributed by atoms with Crippen molar-refractivity contribution in [2.45, 2.75) is 20.5 Å². The number of aryl methyl sites for hydroxylation is 1. The van der Waals surface area contributed by atoms with Crippen molar-refractivity contribution in [2.24, 2.45) is 5.16 Å². The van der Waals surface area contributed by atoms with Crippen molar-refractivity contribution in [1.82, 2.24) is 24.1 Å². The molecular weight excluding hydrogens is 460 g/mol. The van der Waals surface area contributed by atoms with Gasteiger partial charge >= 0.3 is 0 Å². The van der Waals surface area contributed by atoms with Crippen LogP contribution in [0.2, 0.25) is 0 Å². The third-order valence-electron chi connectivity index (χ3n) is 6.08. The fourth-order valence-electron chi connectivity index (χ4n) is 4.14. The molecule has 184 valence electrons. The molecule has 0 N–H and O–H groups in total. The summed E-state index contributed by atoms with van der Waals surface area (Å²) in [6, 6.07) is 13.4. The summed E-state index contributed by atoms with van der Waals surface area (Å²) in [6.45, 7) is 4.25. The topological polar surface area (TPSA) is 97.3 Å². The Bertz CT molecular complexity index is 1570.